The van der Waals surface area contributed by atoms with Gasteiger partial charge in [0.25, 0.3) is 0 Å². The highest BCUT2D eigenvalue weighted by Crippen LogP contribution is 2.25. The quantitative estimate of drug-likeness (QED) is 0.511. The lowest BCUT2D eigenvalue weighted by Crippen LogP contribution is -2.11. The molecular weight excluding hydrogens is 330 g/mol. The van der Waals surface area contributed by atoms with E-state index in [0.29, 0.717) is 16.8 Å². The molecule has 3 rings (SSSR count). The number of carbonyl (C=O) groups is 1. The monoisotopic (exact) mass is 353 g/mol. The predicted molar refractivity (Wildman–Crippen MR) is 104 cm³/mol. The number of hydrogen-bond donors (Lipinski definition) is 0. The molecule has 1 unspecified atom stereocenters. The number of hydrogen-bond acceptors (Lipinski definition) is 4. The SMILES string of the molecule is CC(C)CC(C)c1ccc(OCC(=O)c2nc3ccccc3s2)cc1. The number of ketones is 1. The van der Waals surface area contributed by atoms with E-state index in [4.69, 9.17) is 4.74 Å². The van der Waals surface area contributed by atoms with Gasteiger partial charge in [-0.05, 0) is 48.1 Å². The molecule has 2 aromatic carbocycles. The highest BCUT2D eigenvalue weighted by molar-refractivity contribution is 7.20. The fourth-order valence-electron chi connectivity index (χ4n) is 2.94. The van der Waals surface area contributed by atoms with Crippen LogP contribution in [0.4, 0.5) is 0 Å². The van der Waals surface area contributed by atoms with E-state index in [0.717, 1.165) is 22.4 Å². The van der Waals surface area contributed by atoms with Crippen LogP contribution in [0.25, 0.3) is 10.2 Å². The first-order chi connectivity index (χ1) is 12.0. The molecule has 1 heterocycles. The van der Waals surface area contributed by atoms with Crippen molar-refractivity contribution >= 4 is 27.3 Å². The summed E-state index contributed by atoms with van der Waals surface area (Å²) in [7, 11) is 0. The number of aromatic nitrogens is 1. The van der Waals surface area contributed by atoms with E-state index in [2.05, 4.69) is 37.9 Å². The zero-order valence-corrected chi connectivity index (χ0v) is 15.7. The van der Waals surface area contributed by atoms with Crippen LogP contribution in [0.15, 0.2) is 48.5 Å². The van der Waals surface area contributed by atoms with Crippen molar-refractivity contribution in [3.8, 4) is 5.75 Å². The van der Waals surface area contributed by atoms with Gasteiger partial charge in [-0.1, -0.05) is 45.0 Å². The molecule has 0 saturated heterocycles. The molecule has 4 heteroatoms. The van der Waals surface area contributed by atoms with Crippen LogP contribution < -0.4 is 4.74 Å². The maximum atomic E-state index is 12.3. The Morgan fingerprint density at radius 3 is 2.48 bits per heavy atom. The zero-order valence-electron chi connectivity index (χ0n) is 14.9. The van der Waals surface area contributed by atoms with Crippen LogP contribution >= 0.6 is 11.3 Å². The van der Waals surface area contributed by atoms with E-state index < -0.39 is 0 Å². The molecule has 1 atom stereocenters. The fraction of sp³-hybridized carbons (Fsp3) is 0.333. The highest BCUT2D eigenvalue weighted by atomic mass is 32.1. The minimum Gasteiger partial charge on any atom is -0.485 e. The first kappa shape index (κ1) is 17.6. The minimum atomic E-state index is -0.0848. The van der Waals surface area contributed by atoms with Gasteiger partial charge in [-0.25, -0.2) is 4.98 Å². The summed E-state index contributed by atoms with van der Waals surface area (Å²) in [5, 5.41) is 0.503. The number of para-hydroxylation sites is 1. The average molecular weight is 353 g/mol. The lowest BCUT2D eigenvalue weighted by Gasteiger charge is -2.14. The number of fused-ring (bicyclic) bond motifs is 1. The average Bonchev–Trinajstić information content (AvgIpc) is 3.03. The molecule has 0 N–H and O–H groups in total. The molecule has 1 aromatic heterocycles. The van der Waals surface area contributed by atoms with Crippen molar-refractivity contribution in [3.05, 3.63) is 59.1 Å². The summed E-state index contributed by atoms with van der Waals surface area (Å²) in [5.41, 5.74) is 2.16. The van der Waals surface area contributed by atoms with Crippen molar-refractivity contribution in [1.82, 2.24) is 4.98 Å². The summed E-state index contributed by atoms with van der Waals surface area (Å²) in [5.74, 6) is 1.84. The Morgan fingerprint density at radius 2 is 1.80 bits per heavy atom. The minimum absolute atomic E-state index is 0.0146. The Bertz CT molecular complexity index is 819. The Labute approximate surface area is 152 Å². The molecular formula is C21H23NO2S. The van der Waals surface area contributed by atoms with Gasteiger partial charge in [-0.2, -0.15) is 0 Å². The van der Waals surface area contributed by atoms with E-state index in [1.165, 1.54) is 16.9 Å². The smallest absolute Gasteiger partial charge is 0.228 e. The number of ether oxygens (including phenoxy) is 1. The number of benzene rings is 2. The van der Waals surface area contributed by atoms with Crippen molar-refractivity contribution in [2.75, 3.05) is 6.61 Å². The summed E-state index contributed by atoms with van der Waals surface area (Å²) in [6.07, 6.45) is 1.16. The normalized spacial score (nSPS) is 12.5. The van der Waals surface area contributed by atoms with Crippen molar-refractivity contribution in [2.24, 2.45) is 5.92 Å². The largest absolute Gasteiger partial charge is 0.485 e. The molecule has 0 aliphatic carbocycles. The van der Waals surface area contributed by atoms with Gasteiger partial charge in [0.1, 0.15) is 5.75 Å². The third-order valence-corrected chi connectivity index (χ3v) is 5.25. The van der Waals surface area contributed by atoms with Crippen molar-refractivity contribution in [1.29, 1.82) is 0 Å². The lowest BCUT2D eigenvalue weighted by molar-refractivity contribution is 0.0921. The van der Waals surface area contributed by atoms with Crippen LogP contribution in [0, 0.1) is 5.92 Å². The molecule has 0 bridgehead atoms. The Kier molecular flexibility index (Phi) is 5.49. The number of rotatable bonds is 7. The van der Waals surface area contributed by atoms with Crippen LogP contribution in [0.5, 0.6) is 5.75 Å². The maximum Gasteiger partial charge on any atom is 0.228 e. The second-order valence-corrected chi connectivity index (χ2v) is 7.83. The first-order valence-corrected chi connectivity index (χ1v) is 9.46. The van der Waals surface area contributed by atoms with Gasteiger partial charge < -0.3 is 4.74 Å². The zero-order chi connectivity index (χ0) is 17.8. The summed E-state index contributed by atoms with van der Waals surface area (Å²) in [6, 6.07) is 15.8. The second kappa shape index (κ2) is 7.79. The molecule has 0 aliphatic heterocycles. The molecule has 3 nitrogen and oxygen atoms in total. The summed E-state index contributed by atoms with van der Waals surface area (Å²) >= 11 is 1.41. The Balaban J connectivity index is 1.60. The third kappa shape index (κ3) is 4.45. The van der Waals surface area contributed by atoms with Crippen molar-refractivity contribution < 1.29 is 9.53 Å². The van der Waals surface area contributed by atoms with Gasteiger partial charge in [-0.3, -0.25) is 4.79 Å². The molecule has 0 amide bonds. The molecule has 0 radical (unpaired) electrons. The molecule has 130 valence electrons. The predicted octanol–water partition coefficient (Wildman–Crippen LogP) is 5.71. The second-order valence-electron chi connectivity index (χ2n) is 6.80. The van der Waals surface area contributed by atoms with Gasteiger partial charge in [0.2, 0.25) is 5.78 Å². The van der Waals surface area contributed by atoms with Gasteiger partial charge >= 0.3 is 0 Å². The number of carbonyl (C=O) groups excluding carboxylic acids is 1. The van der Waals surface area contributed by atoms with E-state index in [1.54, 1.807) is 0 Å². The summed E-state index contributed by atoms with van der Waals surface area (Å²) < 4.78 is 6.67. The lowest BCUT2D eigenvalue weighted by atomic mass is 9.92. The van der Waals surface area contributed by atoms with E-state index in [-0.39, 0.29) is 12.4 Å². The highest BCUT2D eigenvalue weighted by Gasteiger charge is 2.13. The third-order valence-electron chi connectivity index (χ3n) is 4.18. The number of Topliss-reactive ketones (excluding diaryl/α,β-unsaturated/α-hetero) is 1. The van der Waals surface area contributed by atoms with Crippen LogP contribution in [-0.2, 0) is 0 Å². The van der Waals surface area contributed by atoms with E-state index in [1.807, 2.05) is 36.4 Å². The standard InChI is InChI=1S/C21H23NO2S/c1-14(2)12-15(3)16-8-10-17(11-9-16)24-13-19(23)21-22-18-6-4-5-7-20(18)25-21/h4-11,14-15H,12-13H2,1-3H3. The van der Waals surface area contributed by atoms with Gasteiger partial charge in [0.05, 0.1) is 10.2 Å². The van der Waals surface area contributed by atoms with Crippen molar-refractivity contribution in [2.45, 2.75) is 33.1 Å². The van der Waals surface area contributed by atoms with E-state index >= 15 is 0 Å². The van der Waals surface area contributed by atoms with Crippen LogP contribution in [0.1, 0.15) is 48.5 Å². The molecule has 0 fully saturated rings. The van der Waals surface area contributed by atoms with E-state index in [9.17, 15) is 4.79 Å². The molecule has 0 aliphatic rings. The van der Waals surface area contributed by atoms with Gasteiger partial charge in [0.15, 0.2) is 11.6 Å². The fourth-order valence-corrected chi connectivity index (χ4v) is 3.83. The van der Waals surface area contributed by atoms with Gasteiger partial charge in [-0.15, -0.1) is 11.3 Å². The Morgan fingerprint density at radius 1 is 1.08 bits per heavy atom. The van der Waals surface area contributed by atoms with Crippen LogP contribution in [0.2, 0.25) is 0 Å². The first-order valence-electron chi connectivity index (χ1n) is 8.64. The molecule has 0 saturated carbocycles. The topological polar surface area (TPSA) is 39.2 Å². The van der Waals surface area contributed by atoms with Gasteiger partial charge in [0, 0.05) is 0 Å². The Hall–Kier alpha value is -2.20. The molecule has 3 aromatic rings. The maximum absolute atomic E-state index is 12.3. The summed E-state index contributed by atoms with van der Waals surface area (Å²) in [4.78, 5) is 16.7. The van der Waals surface area contributed by atoms with Crippen molar-refractivity contribution in [3.63, 3.8) is 0 Å². The number of thiazole rings is 1. The molecule has 0 spiro atoms. The van der Waals surface area contributed by atoms with Crippen LogP contribution in [-0.4, -0.2) is 17.4 Å². The summed E-state index contributed by atoms with van der Waals surface area (Å²) in [6.45, 7) is 6.73. The molecule has 25 heavy (non-hydrogen) atoms. The van der Waals surface area contributed by atoms with Crippen LogP contribution in [0.3, 0.4) is 0 Å². The number of nitrogens with zero attached hydrogens (tertiary/aromatic N) is 1.